The van der Waals surface area contributed by atoms with Crippen molar-refractivity contribution >= 4 is 23.5 Å². The maximum atomic E-state index is 12.8. The van der Waals surface area contributed by atoms with E-state index in [1.165, 1.54) is 25.5 Å². The number of hydrogen-bond acceptors (Lipinski definition) is 5. The number of nitrogens with one attached hydrogen (secondary N) is 1. The third kappa shape index (κ3) is 3.79. The second-order valence-electron chi connectivity index (χ2n) is 3.92. The minimum absolute atomic E-state index is 0.261. The summed E-state index contributed by atoms with van der Waals surface area (Å²) in [6.45, 7) is 0. The van der Waals surface area contributed by atoms with Crippen LogP contribution in [0.4, 0.5) is 4.39 Å². The van der Waals surface area contributed by atoms with Gasteiger partial charge in [0.15, 0.2) is 16.6 Å². The van der Waals surface area contributed by atoms with Gasteiger partial charge in [-0.2, -0.15) is 9.49 Å². The zero-order valence-electron chi connectivity index (χ0n) is 11.4. The SMILES string of the molecule is COc1ccc(C=NNC(=O)c2ccc(F)s2)cc1OC. The Morgan fingerprint density at radius 1 is 1.24 bits per heavy atom. The van der Waals surface area contributed by atoms with Crippen LogP contribution in [-0.4, -0.2) is 26.3 Å². The molecule has 0 fully saturated rings. The predicted octanol–water partition coefficient (Wildman–Crippen LogP) is 2.67. The molecular formula is C14H13FN2O3S. The molecule has 1 amide bonds. The molecule has 7 heteroatoms. The quantitative estimate of drug-likeness (QED) is 0.682. The van der Waals surface area contributed by atoms with Crippen LogP contribution in [0.3, 0.4) is 0 Å². The number of benzene rings is 1. The van der Waals surface area contributed by atoms with Crippen LogP contribution < -0.4 is 14.9 Å². The summed E-state index contributed by atoms with van der Waals surface area (Å²) in [5.41, 5.74) is 3.06. The lowest BCUT2D eigenvalue weighted by Gasteiger charge is -2.07. The van der Waals surface area contributed by atoms with Gasteiger partial charge in [-0.3, -0.25) is 4.79 Å². The normalized spacial score (nSPS) is 10.6. The van der Waals surface area contributed by atoms with Crippen molar-refractivity contribution in [3.63, 3.8) is 0 Å². The second kappa shape index (κ2) is 6.85. The van der Waals surface area contributed by atoms with Gasteiger partial charge in [-0.15, -0.1) is 11.3 Å². The molecule has 1 aromatic carbocycles. The molecule has 1 N–H and O–H groups in total. The van der Waals surface area contributed by atoms with Crippen LogP contribution in [-0.2, 0) is 0 Å². The molecule has 21 heavy (non-hydrogen) atoms. The molecule has 0 saturated carbocycles. The van der Waals surface area contributed by atoms with Crippen molar-refractivity contribution in [2.24, 2.45) is 5.10 Å². The molecule has 0 bridgehead atoms. The fourth-order valence-corrected chi connectivity index (χ4v) is 2.21. The van der Waals surface area contributed by atoms with Crippen molar-refractivity contribution in [1.82, 2.24) is 5.43 Å². The first-order valence-electron chi connectivity index (χ1n) is 5.95. The minimum atomic E-state index is -0.458. The maximum Gasteiger partial charge on any atom is 0.281 e. The third-order valence-electron chi connectivity index (χ3n) is 2.58. The number of ether oxygens (including phenoxy) is 2. The first-order chi connectivity index (χ1) is 10.1. The summed E-state index contributed by atoms with van der Waals surface area (Å²) in [5.74, 6) is 0.710. The molecule has 0 saturated heterocycles. The Hall–Kier alpha value is -2.41. The van der Waals surface area contributed by atoms with Gasteiger partial charge in [-0.1, -0.05) is 0 Å². The van der Waals surface area contributed by atoms with Crippen molar-refractivity contribution in [1.29, 1.82) is 0 Å². The first kappa shape index (κ1) is 15.0. The molecule has 0 spiro atoms. The van der Waals surface area contributed by atoms with E-state index >= 15 is 0 Å². The second-order valence-corrected chi connectivity index (χ2v) is 4.95. The molecule has 0 unspecified atom stereocenters. The van der Waals surface area contributed by atoms with E-state index in [2.05, 4.69) is 10.5 Å². The minimum Gasteiger partial charge on any atom is -0.493 e. The highest BCUT2D eigenvalue weighted by Gasteiger charge is 2.08. The zero-order chi connectivity index (χ0) is 15.2. The number of hydrogen-bond donors (Lipinski definition) is 1. The summed E-state index contributed by atoms with van der Waals surface area (Å²) in [5, 5.41) is 3.41. The molecule has 0 aliphatic carbocycles. The predicted molar refractivity (Wildman–Crippen MR) is 78.9 cm³/mol. The van der Waals surface area contributed by atoms with Crippen molar-refractivity contribution < 1.29 is 18.7 Å². The standard InChI is InChI=1S/C14H13FN2O3S/c1-19-10-4-3-9(7-11(10)20-2)8-16-17-14(18)12-5-6-13(15)21-12/h3-8H,1-2H3,(H,17,18). The van der Waals surface area contributed by atoms with Crippen LogP contribution in [0.5, 0.6) is 11.5 Å². The Kier molecular flexibility index (Phi) is 4.89. The molecule has 0 radical (unpaired) electrons. The number of rotatable bonds is 5. The summed E-state index contributed by atoms with van der Waals surface area (Å²) >= 11 is 0.764. The summed E-state index contributed by atoms with van der Waals surface area (Å²) < 4.78 is 23.1. The van der Waals surface area contributed by atoms with E-state index in [-0.39, 0.29) is 4.88 Å². The molecule has 0 aliphatic rings. The molecule has 0 atom stereocenters. The number of carbonyl (C=O) groups is 1. The smallest absolute Gasteiger partial charge is 0.281 e. The molecule has 1 aromatic heterocycles. The average molecular weight is 308 g/mol. The Morgan fingerprint density at radius 3 is 2.62 bits per heavy atom. The van der Waals surface area contributed by atoms with Gasteiger partial charge in [0, 0.05) is 0 Å². The molecular weight excluding hydrogens is 295 g/mol. The van der Waals surface area contributed by atoms with Gasteiger partial charge in [-0.05, 0) is 35.9 Å². The maximum absolute atomic E-state index is 12.8. The van der Waals surface area contributed by atoms with Crippen molar-refractivity contribution in [3.05, 3.63) is 45.9 Å². The van der Waals surface area contributed by atoms with Crippen molar-refractivity contribution in [2.75, 3.05) is 14.2 Å². The van der Waals surface area contributed by atoms with Gasteiger partial charge in [0.2, 0.25) is 0 Å². The Bertz CT molecular complexity index is 670. The highest BCUT2D eigenvalue weighted by Crippen LogP contribution is 2.26. The summed E-state index contributed by atoms with van der Waals surface area (Å²) in [6, 6.07) is 7.86. The molecule has 5 nitrogen and oxygen atoms in total. The lowest BCUT2D eigenvalue weighted by atomic mass is 10.2. The molecule has 2 aromatic rings. The van der Waals surface area contributed by atoms with E-state index in [1.54, 1.807) is 25.3 Å². The average Bonchev–Trinajstić information content (AvgIpc) is 2.93. The number of hydrazone groups is 1. The Labute approximate surface area is 125 Å². The van der Waals surface area contributed by atoms with Gasteiger partial charge >= 0.3 is 0 Å². The number of methoxy groups -OCH3 is 2. The molecule has 110 valence electrons. The highest BCUT2D eigenvalue weighted by molar-refractivity contribution is 7.12. The van der Waals surface area contributed by atoms with Gasteiger partial charge < -0.3 is 9.47 Å². The number of nitrogens with zero attached hydrogens (tertiary/aromatic N) is 1. The lowest BCUT2D eigenvalue weighted by molar-refractivity contribution is 0.0959. The van der Waals surface area contributed by atoms with E-state index < -0.39 is 11.0 Å². The molecule has 2 rings (SSSR count). The topological polar surface area (TPSA) is 59.9 Å². The number of amides is 1. The lowest BCUT2D eigenvalue weighted by Crippen LogP contribution is -2.16. The van der Waals surface area contributed by atoms with Gasteiger partial charge in [-0.25, -0.2) is 5.43 Å². The van der Waals surface area contributed by atoms with Crippen LogP contribution in [0.1, 0.15) is 15.2 Å². The number of thiophene rings is 1. The fraction of sp³-hybridized carbons (Fsp3) is 0.143. The Morgan fingerprint density at radius 2 is 2.00 bits per heavy atom. The van der Waals surface area contributed by atoms with Crippen LogP contribution in [0.2, 0.25) is 0 Å². The third-order valence-corrected chi connectivity index (χ3v) is 3.46. The van der Waals surface area contributed by atoms with Gasteiger partial charge in [0.25, 0.3) is 5.91 Å². The summed E-state index contributed by atoms with van der Waals surface area (Å²) in [7, 11) is 3.08. The fourth-order valence-electron chi connectivity index (χ4n) is 1.59. The summed E-state index contributed by atoms with van der Waals surface area (Å²) in [6.07, 6.45) is 1.46. The van der Waals surface area contributed by atoms with E-state index in [4.69, 9.17) is 9.47 Å². The van der Waals surface area contributed by atoms with Crippen LogP contribution in [0.15, 0.2) is 35.4 Å². The van der Waals surface area contributed by atoms with Crippen LogP contribution in [0, 0.1) is 5.13 Å². The van der Waals surface area contributed by atoms with Crippen LogP contribution in [0.25, 0.3) is 0 Å². The summed E-state index contributed by atoms with van der Waals surface area (Å²) in [4.78, 5) is 11.9. The number of carbonyl (C=O) groups excluding carboxylic acids is 1. The molecule has 1 heterocycles. The Balaban J connectivity index is 2.03. The largest absolute Gasteiger partial charge is 0.493 e. The zero-order valence-corrected chi connectivity index (χ0v) is 12.2. The van der Waals surface area contributed by atoms with E-state index in [0.717, 1.165) is 16.9 Å². The van der Waals surface area contributed by atoms with Gasteiger partial charge in [0.05, 0.1) is 25.3 Å². The van der Waals surface area contributed by atoms with Crippen LogP contribution >= 0.6 is 11.3 Å². The monoisotopic (exact) mass is 308 g/mol. The highest BCUT2D eigenvalue weighted by atomic mass is 32.1. The number of halogens is 1. The van der Waals surface area contributed by atoms with E-state index in [1.807, 2.05) is 0 Å². The van der Waals surface area contributed by atoms with E-state index in [9.17, 15) is 9.18 Å². The molecule has 0 aliphatic heterocycles. The van der Waals surface area contributed by atoms with Crippen molar-refractivity contribution in [3.8, 4) is 11.5 Å². The van der Waals surface area contributed by atoms with E-state index in [0.29, 0.717) is 11.5 Å². The van der Waals surface area contributed by atoms with Gasteiger partial charge in [0.1, 0.15) is 0 Å². The first-order valence-corrected chi connectivity index (χ1v) is 6.76. The van der Waals surface area contributed by atoms with Crippen molar-refractivity contribution in [2.45, 2.75) is 0 Å².